The van der Waals surface area contributed by atoms with Crippen LogP contribution in [0.3, 0.4) is 0 Å². The van der Waals surface area contributed by atoms with E-state index in [0.717, 1.165) is 16.6 Å². The minimum absolute atomic E-state index is 0.0304. The zero-order valence-corrected chi connectivity index (χ0v) is 14.7. The maximum absolute atomic E-state index is 12.6. The van der Waals surface area contributed by atoms with E-state index in [0.29, 0.717) is 22.6 Å². The molecule has 0 spiro atoms. The zero-order chi connectivity index (χ0) is 18.8. The van der Waals surface area contributed by atoms with Gasteiger partial charge >= 0.3 is 0 Å². The second-order valence-corrected chi connectivity index (χ2v) is 6.24. The standard InChI is InChI=1S/C22H17N3O2/c1-14(26)15-10-12-16(13-11-15)22(27)25-18-7-3-2-6-17(18)21-23-19-8-4-5-9-20(19)24-21/h2-13H,1H3,(H,23,24)(H,25,27). The van der Waals surface area contributed by atoms with Crippen molar-refractivity contribution in [1.82, 2.24) is 9.97 Å². The van der Waals surface area contributed by atoms with Crippen molar-refractivity contribution in [3.05, 3.63) is 83.9 Å². The minimum atomic E-state index is -0.242. The molecule has 1 amide bonds. The molecule has 0 fully saturated rings. The molecule has 132 valence electrons. The molecule has 0 unspecified atom stereocenters. The van der Waals surface area contributed by atoms with Crippen LogP contribution in [0, 0.1) is 0 Å². The monoisotopic (exact) mass is 355 g/mol. The number of anilines is 1. The Morgan fingerprint density at radius 1 is 0.852 bits per heavy atom. The summed E-state index contributed by atoms with van der Waals surface area (Å²) in [7, 11) is 0. The predicted octanol–water partition coefficient (Wildman–Crippen LogP) is 4.68. The van der Waals surface area contributed by atoms with Crippen molar-refractivity contribution in [3.8, 4) is 11.4 Å². The Morgan fingerprint density at radius 3 is 2.26 bits per heavy atom. The van der Waals surface area contributed by atoms with E-state index < -0.39 is 0 Å². The average molecular weight is 355 g/mol. The summed E-state index contributed by atoms with van der Waals surface area (Å²) >= 11 is 0. The molecule has 5 nitrogen and oxygen atoms in total. The highest BCUT2D eigenvalue weighted by Gasteiger charge is 2.13. The van der Waals surface area contributed by atoms with E-state index in [1.807, 2.05) is 48.5 Å². The Hall–Kier alpha value is -3.73. The number of H-pyrrole nitrogens is 1. The topological polar surface area (TPSA) is 74.8 Å². The highest BCUT2D eigenvalue weighted by atomic mass is 16.1. The summed E-state index contributed by atoms with van der Waals surface area (Å²) in [5.41, 5.74) is 4.34. The first kappa shape index (κ1) is 16.7. The molecular weight excluding hydrogens is 338 g/mol. The van der Waals surface area contributed by atoms with E-state index >= 15 is 0 Å². The number of nitrogens with one attached hydrogen (secondary N) is 2. The molecule has 0 bridgehead atoms. The fraction of sp³-hybridized carbons (Fsp3) is 0.0455. The molecule has 0 aliphatic rings. The number of hydrogen-bond donors (Lipinski definition) is 2. The van der Waals surface area contributed by atoms with E-state index in [1.165, 1.54) is 6.92 Å². The normalized spacial score (nSPS) is 10.7. The van der Waals surface area contributed by atoms with Gasteiger partial charge in [-0.3, -0.25) is 9.59 Å². The number of benzene rings is 3. The third-order valence-corrected chi connectivity index (χ3v) is 4.37. The van der Waals surface area contributed by atoms with Gasteiger partial charge in [0.15, 0.2) is 5.78 Å². The maximum atomic E-state index is 12.6. The Kier molecular flexibility index (Phi) is 4.26. The molecule has 5 heteroatoms. The number of rotatable bonds is 4. The molecule has 2 N–H and O–H groups in total. The number of imidazole rings is 1. The lowest BCUT2D eigenvalue weighted by Crippen LogP contribution is -2.13. The van der Waals surface area contributed by atoms with E-state index in [-0.39, 0.29) is 11.7 Å². The van der Waals surface area contributed by atoms with Gasteiger partial charge < -0.3 is 10.3 Å². The van der Waals surface area contributed by atoms with Gasteiger partial charge in [-0.15, -0.1) is 0 Å². The quantitative estimate of drug-likeness (QED) is 0.522. The second-order valence-electron chi connectivity index (χ2n) is 6.24. The molecule has 27 heavy (non-hydrogen) atoms. The van der Waals surface area contributed by atoms with E-state index in [1.54, 1.807) is 24.3 Å². The Bertz CT molecular complexity index is 1110. The van der Waals surface area contributed by atoms with Crippen molar-refractivity contribution in [2.75, 3.05) is 5.32 Å². The summed E-state index contributed by atoms with van der Waals surface area (Å²) < 4.78 is 0. The molecule has 0 radical (unpaired) electrons. The molecule has 4 aromatic rings. The average Bonchev–Trinajstić information content (AvgIpc) is 3.12. The Balaban J connectivity index is 1.64. The highest BCUT2D eigenvalue weighted by Crippen LogP contribution is 2.27. The number of aromatic amines is 1. The van der Waals surface area contributed by atoms with Crippen LogP contribution in [-0.4, -0.2) is 21.7 Å². The number of aromatic nitrogens is 2. The number of Topliss-reactive ketones (excluding diaryl/α,β-unsaturated/α-hetero) is 1. The van der Waals surface area contributed by atoms with E-state index in [2.05, 4.69) is 15.3 Å². The molecule has 1 aromatic heterocycles. The number of carbonyl (C=O) groups is 2. The molecule has 3 aromatic carbocycles. The lowest BCUT2D eigenvalue weighted by molar-refractivity contribution is 0.101. The minimum Gasteiger partial charge on any atom is -0.338 e. The van der Waals surface area contributed by atoms with Crippen molar-refractivity contribution in [3.63, 3.8) is 0 Å². The van der Waals surface area contributed by atoms with Crippen molar-refractivity contribution in [2.24, 2.45) is 0 Å². The van der Waals surface area contributed by atoms with Gasteiger partial charge in [-0.05, 0) is 43.3 Å². The molecular formula is C22H17N3O2. The van der Waals surface area contributed by atoms with Gasteiger partial charge in [0, 0.05) is 16.7 Å². The number of fused-ring (bicyclic) bond motifs is 1. The van der Waals surface area contributed by atoms with Gasteiger partial charge in [0.25, 0.3) is 5.91 Å². The molecule has 1 heterocycles. The predicted molar refractivity (Wildman–Crippen MR) is 106 cm³/mol. The third-order valence-electron chi connectivity index (χ3n) is 4.37. The third kappa shape index (κ3) is 3.35. The molecule has 0 atom stereocenters. The lowest BCUT2D eigenvalue weighted by atomic mass is 10.1. The molecule has 0 aliphatic heterocycles. The van der Waals surface area contributed by atoms with Crippen LogP contribution in [0.25, 0.3) is 22.4 Å². The first-order valence-corrected chi connectivity index (χ1v) is 8.58. The van der Waals surface area contributed by atoms with Crippen LogP contribution in [0.15, 0.2) is 72.8 Å². The summed E-state index contributed by atoms with van der Waals surface area (Å²) in [6.45, 7) is 1.50. The number of amides is 1. The van der Waals surface area contributed by atoms with Gasteiger partial charge in [-0.25, -0.2) is 4.98 Å². The largest absolute Gasteiger partial charge is 0.338 e. The maximum Gasteiger partial charge on any atom is 0.255 e. The number of carbonyl (C=O) groups excluding carboxylic acids is 2. The van der Waals surface area contributed by atoms with Crippen LogP contribution in [0.1, 0.15) is 27.6 Å². The molecule has 0 saturated carbocycles. The summed E-state index contributed by atoms with van der Waals surface area (Å²) in [6.07, 6.45) is 0. The second kappa shape index (κ2) is 6.88. The van der Waals surface area contributed by atoms with E-state index in [4.69, 9.17) is 0 Å². The Morgan fingerprint density at radius 2 is 1.52 bits per heavy atom. The van der Waals surface area contributed by atoms with Crippen LogP contribution in [-0.2, 0) is 0 Å². The summed E-state index contributed by atoms with van der Waals surface area (Å²) in [5.74, 6) is 0.421. The van der Waals surface area contributed by atoms with Gasteiger partial charge in [-0.1, -0.05) is 36.4 Å². The van der Waals surface area contributed by atoms with Crippen LogP contribution in [0.4, 0.5) is 5.69 Å². The van der Waals surface area contributed by atoms with Crippen LogP contribution in [0.5, 0.6) is 0 Å². The summed E-state index contributed by atoms with van der Waals surface area (Å²) in [4.78, 5) is 31.9. The fourth-order valence-electron chi connectivity index (χ4n) is 2.93. The SMILES string of the molecule is CC(=O)c1ccc(C(=O)Nc2ccccc2-c2nc3ccccc3[nH]2)cc1. The van der Waals surface area contributed by atoms with Crippen molar-refractivity contribution < 1.29 is 9.59 Å². The van der Waals surface area contributed by atoms with Gasteiger partial charge in [0.2, 0.25) is 0 Å². The molecule has 4 rings (SSSR count). The molecule has 0 aliphatic carbocycles. The van der Waals surface area contributed by atoms with Crippen molar-refractivity contribution >= 4 is 28.4 Å². The highest BCUT2D eigenvalue weighted by molar-refractivity contribution is 6.06. The number of nitrogens with zero attached hydrogens (tertiary/aromatic N) is 1. The Labute approximate surface area is 156 Å². The lowest BCUT2D eigenvalue weighted by Gasteiger charge is -2.10. The van der Waals surface area contributed by atoms with Crippen LogP contribution in [0.2, 0.25) is 0 Å². The van der Waals surface area contributed by atoms with Gasteiger partial charge in [0.05, 0.1) is 16.7 Å². The fourth-order valence-corrected chi connectivity index (χ4v) is 2.93. The van der Waals surface area contributed by atoms with Crippen LogP contribution < -0.4 is 5.32 Å². The zero-order valence-electron chi connectivity index (χ0n) is 14.7. The van der Waals surface area contributed by atoms with Crippen LogP contribution >= 0.6 is 0 Å². The molecule has 0 saturated heterocycles. The first-order valence-electron chi connectivity index (χ1n) is 8.58. The summed E-state index contributed by atoms with van der Waals surface area (Å²) in [6, 6.07) is 21.9. The smallest absolute Gasteiger partial charge is 0.255 e. The number of ketones is 1. The van der Waals surface area contributed by atoms with E-state index in [9.17, 15) is 9.59 Å². The first-order chi connectivity index (χ1) is 13.1. The van der Waals surface area contributed by atoms with Crippen molar-refractivity contribution in [2.45, 2.75) is 6.92 Å². The summed E-state index contributed by atoms with van der Waals surface area (Å²) in [5, 5.41) is 2.93. The van der Waals surface area contributed by atoms with Crippen molar-refractivity contribution in [1.29, 1.82) is 0 Å². The number of para-hydroxylation sites is 3. The van der Waals surface area contributed by atoms with Gasteiger partial charge in [-0.2, -0.15) is 0 Å². The van der Waals surface area contributed by atoms with Gasteiger partial charge in [0.1, 0.15) is 5.82 Å². The number of hydrogen-bond acceptors (Lipinski definition) is 3.